The van der Waals surface area contributed by atoms with E-state index in [1.807, 2.05) is 6.07 Å². The van der Waals surface area contributed by atoms with Gasteiger partial charge in [-0.3, -0.25) is 4.98 Å². The van der Waals surface area contributed by atoms with Gasteiger partial charge in [-0.05, 0) is 18.9 Å². The van der Waals surface area contributed by atoms with Crippen LogP contribution in [-0.2, 0) is 16.1 Å². The number of nitrogens with zero attached hydrogens (tertiary/aromatic N) is 2. The number of amidine groups is 1. The molecule has 0 bridgehead atoms. The first kappa shape index (κ1) is 12.8. The monoisotopic (exact) mass is 251 g/mol. The van der Waals surface area contributed by atoms with Gasteiger partial charge in [-0.2, -0.15) is 0 Å². The fourth-order valence-corrected chi connectivity index (χ4v) is 1.91. The molecule has 0 aliphatic carbocycles. The van der Waals surface area contributed by atoms with Crippen LogP contribution in [0.4, 0.5) is 0 Å². The summed E-state index contributed by atoms with van der Waals surface area (Å²) in [4.78, 5) is 4.07. The van der Waals surface area contributed by atoms with Gasteiger partial charge in [-0.15, -0.1) is 0 Å². The summed E-state index contributed by atoms with van der Waals surface area (Å²) in [5.41, 5.74) is 6.79. The largest absolute Gasteiger partial charge is 0.409 e. The van der Waals surface area contributed by atoms with Crippen molar-refractivity contribution in [3.8, 4) is 0 Å². The molecule has 1 aliphatic heterocycles. The molecule has 0 amide bonds. The molecule has 2 heterocycles. The van der Waals surface area contributed by atoms with Crippen molar-refractivity contribution >= 4 is 5.84 Å². The summed E-state index contributed by atoms with van der Waals surface area (Å²) in [6.07, 6.45) is 3.92. The Labute approximate surface area is 105 Å². The van der Waals surface area contributed by atoms with Crippen LogP contribution >= 0.6 is 0 Å². The Morgan fingerprint density at radius 2 is 2.56 bits per heavy atom. The molecule has 0 radical (unpaired) electrons. The molecule has 1 aromatic rings. The van der Waals surface area contributed by atoms with Crippen LogP contribution < -0.4 is 5.73 Å². The highest BCUT2D eigenvalue weighted by Crippen LogP contribution is 2.13. The lowest BCUT2D eigenvalue weighted by atomic mass is 10.2. The van der Waals surface area contributed by atoms with Gasteiger partial charge in [0.25, 0.3) is 0 Å². The van der Waals surface area contributed by atoms with Crippen LogP contribution in [0.15, 0.2) is 23.5 Å². The van der Waals surface area contributed by atoms with Crippen LogP contribution in [0, 0.1) is 0 Å². The minimum Gasteiger partial charge on any atom is -0.409 e. The van der Waals surface area contributed by atoms with Crippen molar-refractivity contribution in [2.45, 2.75) is 25.6 Å². The van der Waals surface area contributed by atoms with Gasteiger partial charge in [0.15, 0.2) is 5.84 Å². The van der Waals surface area contributed by atoms with Gasteiger partial charge in [0.1, 0.15) is 5.69 Å². The summed E-state index contributed by atoms with van der Waals surface area (Å²) in [6, 6.07) is 3.63. The first-order valence-electron chi connectivity index (χ1n) is 5.92. The van der Waals surface area contributed by atoms with Gasteiger partial charge in [0.05, 0.1) is 19.3 Å². The quantitative estimate of drug-likeness (QED) is 0.351. The van der Waals surface area contributed by atoms with E-state index in [4.69, 9.17) is 20.4 Å². The molecule has 0 spiro atoms. The van der Waals surface area contributed by atoms with Crippen LogP contribution in [-0.4, -0.2) is 35.3 Å². The average molecular weight is 251 g/mol. The Balaban J connectivity index is 1.92. The summed E-state index contributed by atoms with van der Waals surface area (Å²) in [5.74, 6) is -0.00804. The predicted octanol–water partition coefficient (Wildman–Crippen LogP) is 0.872. The molecule has 0 saturated carbocycles. The molecular weight excluding hydrogens is 234 g/mol. The molecule has 98 valence electrons. The van der Waals surface area contributed by atoms with E-state index in [0.717, 1.165) is 25.0 Å². The highest BCUT2D eigenvalue weighted by atomic mass is 16.5. The predicted molar refractivity (Wildman–Crippen MR) is 65.4 cm³/mol. The van der Waals surface area contributed by atoms with E-state index in [-0.39, 0.29) is 11.9 Å². The fourth-order valence-electron chi connectivity index (χ4n) is 1.91. The van der Waals surface area contributed by atoms with Gasteiger partial charge in [-0.1, -0.05) is 11.2 Å². The number of nitrogens with two attached hydrogens (primary N) is 1. The second-order valence-electron chi connectivity index (χ2n) is 4.15. The Kier molecular flexibility index (Phi) is 4.49. The average Bonchev–Trinajstić information content (AvgIpc) is 2.92. The number of pyridine rings is 1. The number of hydrogen-bond donors (Lipinski definition) is 2. The van der Waals surface area contributed by atoms with Crippen LogP contribution in [0.25, 0.3) is 0 Å². The van der Waals surface area contributed by atoms with Crippen LogP contribution in [0.5, 0.6) is 0 Å². The van der Waals surface area contributed by atoms with Crippen LogP contribution in [0.3, 0.4) is 0 Å². The van der Waals surface area contributed by atoms with E-state index in [9.17, 15) is 0 Å². The zero-order valence-corrected chi connectivity index (χ0v) is 10.1. The van der Waals surface area contributed by atoms with E-state index < -0.39 is 0 Å². The number of rotatable bonds is 5. The topological polar surface area (TPSA) is 90.0 Å². The van der Waals surface area contributed by atoms with Gasteiger partial charge in [0, 0.05) is 18.4 Å². The molecule has 1 aliphatic rings. The maximum Gasteiger partial charge on any atom is 0.189 e. The lowest BCUT2D eigenvalue weighted by Gasteiger charge is -2.11. The normalized spacial score (nSPS) is 20.2. The molecule has 1 saturated heterocycles. The Morgan fingerprint density at radius 3 is 3.28 bits per heavy atom. The van der Waals surface area contributed by atoms with Crippen LogP contribution in [0.2, 0.25) is 0 Å². The van der Waals surface area contributed by atoms with Gasteiger partial charge in [-0.25, -0.2) is 0 Å². The first-order valence-corrected chi connectivity index (χ1v) is 5.92. The molecule has 0 aromatic carbocycles. The number of hydrogen-bond acceptors (Lipinski definition) is 5. The van der Waals surface area contributed by atoms with Crippen molar-refractivity contribution in [2.24, 2.45) is 10.9 Å². The maximum atomic E-state index is 8.67. The van der Waals surface area contributed by atoms with Crippen molar-refractivity contribution in [1.82, 2.24) is 4.98 Å². The van der Waals surface area contributed by atoms with Crippen molar-refractivity contribution in [2.75, 3.05) is 13.2 Å². The summed E-state index contributed by atoms with van der Waals surface area (Å²) in [6.45, 7) is 1.75. The van der Waals surface area contributed by atoms with E-state index in [1.54, 1.807) is 12.3 Å². The highest BCUT2D eigenvalue weighted by molar-refractivity contribution is 5.96. The summed E-state index contributed by atoms with van der Waals surface area (Å²) in [5, 5.41) is 11.6. The third-order valence-electron chi connectivity index (χ3n) is 2.83. The molecule has 6 nitrogen and oxygen atoms in total. The van der Waals surface area contributed by atoms with Crippen LogP contribution in [0.1, 0.15) is 24.1 Å². The second kappa shape index (κ2) is 6.32. The standard InChI is InChI=1S/C12H17N3O3/c13-12(15-16)11-9(3-1-5-14-11)7-17-8-10-4-2-6-18-10/h1,3,5,10,16H,2,4,6-8H2,(H2,13,15). The Morgan fingerprint density at radius 1 is 1.67 bits per heavy atom. The number of ether oxygens (including phenoxy) is 2. The summed E-state index contributed by atoms with van der Waals surface area (Å²) >= 11 is 0. The molecule has 1 atom stereocenters. The molecule has 1 unspecified atom stereocenters. The second-order valence-corrected chi connectivity index (χ2v) is 4.15. The summed E-state index contributed by atoms with van der Waals surface area (Å²) in [7, 11) is 0. The minimum absolute atomic E-state index is 0.00804. The zero-order chi connectivity index (χ0) is 12.8. The maximum absolute atomic E-state index is 8.67. The van der Waals surface area contributed by atoms with Gasteiger partial charge >= 0.3 is 0 Å². The Hall–Kier alpha value is -1.66. The molecule has 1 fully saturated rings. The minimum atomic E-state index is -0.00804. The first-order chi connectivity index (χ1) is 8.81. The molecule has 2 rings (SSSR count). The molecule has 3 N–H and O–H groups in total. The SMILES string of the molecule is NC(=NO)c1ncccc1COCC1CCCO1. The van der Waals surface area contributed by atoms with E-state index in [0.29, 0.717) is 18.9 Å². The lowest BCUT2D eigenvalue weighted by molar-refractivity contribution is 0.0105. The fraction of sp³-hybridized carbons (Fsp3) is 0.500. The zero-order valence-electron chi connectivity index (χ0n) is 10.1. The molecule has 1 aromatic heterocycles. The van der Waals surface area contributed by atoms with Crippen molar-refractivity contribution in [3.05, 3.63) is 29.6 Å². The smallest absolute Gasteiger partial charge is 0.189 e. The van der Waals surface area contributed by atoms with Crippen molar-refractivity contribution in [1.29, 1.82) is 0 Å². The molecule has 6 heteroatoms. The van der Waals surface area contributed by atoms with Gasteiger partial charge in [0.2, 0.25) is 0 Å². The number of oxime groups is 1. The van der Waals surface area contributed by atoms with E-state index >= 15 is 0 Å². The molecular formula is C12H17N3O3. The van der Waals surface area contributed by atoms with Gasteiger partial charge < -0.3 is 20.4 Å². The van der Waals surface area contributed by atoms with Crippen molar-refractivity contribution in [3.63, 3.8) is 0 Å². The third-order valence-corrected chi connectivity index (χ3v) is 2.83. The highest BCUT2D eigenvalue weighted by Gasteiger charge is 2.16. The third kappa shape index (κ3) is 3.18. The Bertz CT molecular complexity index is 417. The van der Waals surface area contributed by atoms with Crippen molar-refractivity contribution < 1.29 is 14.7 Å². The summed E-state index contributed by atoms with van der Waals surface area (Å²) < 4.78 is 11.0. The molecule has 18 heavy (non-hydrogen) atoms. The number of aromatic nitrogens is 1. The lowest BCUT2D eigenvalue weighted by Crippen LogP contribution is -2.19. The van der Waals surface area contributed by atoms with E-state index in [1.165, 1.54) is 0 Å². The van der Waals surface area contributed by atoms with E-state index in [2.05, 4.69) is 10.1 Å².